The number of hydrogen-bond donors (Lipinski definition) is 1. The van der Waals surface area contributed by atoms with Crippen LogP contribution in [-0.4, -0.2) is 26.1 Å². The van der Waals surface area contributed by atoms with Gasteiger partial charge in [-0.2, -0.15) is 0 Å². The van der Waals surface area contributed by atoms with Gasteiger partial charge in [-0.3, -0.25) is 4.57 Å². The largest absolute Gasteiger partial charge is 0.370 e. The third kappa shape index (κ3) is 2.66. The van der Waals surface area contributed by atoms with E-state index in [9.17, 15) is 0 Å². The molecule has 1 saturated carbocycles. The van der Waals surface area contributed by atoms with Crippen LogP contribution in [-0.2, 0) is 6.42 Å². The minimum absolute atomic E-state index is 0.547. The molecule has 1 N–H and O–H groups in total. The lowest BCUT2D eigenvalue weighted by Gasteiger charge is -2.11. The van der Waals surface area contributed by atoms with Gasteiger partial charge in [0.15, 0.2) is 0 Å². The Balaban J connectivity index is 2.00. The highest BCUT2D eigenvalue weighted by Crippen LogP contribution is 2.38. The normalized spacial score (nSPS) is 14.5. The Bertz CT molecular complexity index is 586. The van der Waals surface area contributed by atoms with Gasteiger partial charge in [0.25, 0.3) is 0 Å². The van der Waals surface area contributed by atoms with Crippen molar-refractivity contribution in [2.75, 3.05) is 11.9 Å². The molecular weight excluding hydrogens is 250 g/mol. The van der Waals surface area contributed by atoms with Crippen molar-refractivity contribution in [2.45, 2.75) is 45.4 Å². The monoisotopic (exact) mass is 271 g/mol. The standard InChI is InChI=1S/C15H21N5/c1-3-5-13-17-8-9-20(13)14-10-12(16-4-2)18-15(19-14)11-6-7-11/h8-11H,3-7H2,1-2H3,(H,16,18,19). The second-order valence-corrected chi connectivity index (χ2v) is 5.24. The lowest BCUT2D eigenvalue weighted by molar-refractivity contribution is 0.786. The summed E-state index contributed by atoms with van der Waals surface area (Å²) in [5.41, 5.74) is 0. The zero-order chi connectivity index (χ0) is 13.9. The minimum atomic E-state index is 0.547. The number of aryl methyl sites for hydroxylation is 1. The van der Waals surface area contributed by atoms with E-state index in [0.717, 1.165) is 42.7 Å². The maximum absolute atomic E-state index is 4.73. The molecule has 5 heteroatoms. The van der Waals surface area contributed by atoms with Gasteiger partial charge >= 0.3 is 0 Å². The maximum atomic E-state index is 4.73. The van der Waals surface area contributed by atoms with Gasteiger partial charge < -0.3 is 5.32 Å². The van der Waals surface area contributed by atoms with E-state index in [1.165, 1.54) is 12.8 Å². The summed E-state index contributed by atoms with van der Waals surface area (Å²) in [4.78, 5) is 13.8. The van der Waals surface area contributed by atoms with Gasteiger partial charge in [0.2, 0.25) is 0 Å². The molecule has 0 saturated heterocycles. The van der Waals surface area contributed by atoms with E-state index in [1.807, 2.05) is 18.5 Å². The summed E-state index contributed by atoms with van der Waals surface area (Å²) in [6.45, 7) is 5.11. The maximum Gasteiger partial charge on any atom is 0.143 e. The van der Waals surface area contributed by atoms with Gasteiger partial charge in [-0.1, -0.05) is 6.92 Å². The number of rotatable bonds is 6. The molecule has 3 rings (SSSR count). The second kappa shape index (κ2) is 5.61. The van der Waals surface area contributed by atoms with Crippen molar-refractivity contribution in [3.05, 3.63) is 30.1 Å². The van der Waals surface area contributed by atoms with Crippen LogP contribution in [0.3, 0.4) is 0 Å². The number of imidazole rings is 1. The Labute approximate surface area is 119 Å². The molecule has 0 amide bonds. The van der Waals surface area contributed by atoms with Crippen molar-refractivity contribution in [1.29, 1.82) is 0 Å². The lowest BCUT2D eigenvalue weighted by atomic mass is 10.3. The molecule has 0 aliphatic heterocycles. The van der Waals surface area contributed by atoms with Gasteiger partial charge in [-0.05, 0) is 26.2 Å². The molecule has 0 unspecified atom stereocenters. The van der Waals surface area contributed by atoms with Crippen LogP contribution < -0.4 is 5.32 Å². The van der Waals surface area contributed by atoms with Crippen molar-refractivity contribution in [3.63, 3.8) is 0 Å². The Kier molecular flexibility index (Phi) is 3.67. The third-order valence-corrected chi connectivity index (χ3v) is 3.47. The molecule has 5 nitrogen and oxygen atoms in total. The van der Waals surface area contributed by atoms with E-state index in [0.29, 0.717) is 5.92 Å². The van der Waals surface area contributed by atoms with Crippen LogP contribution in [0, 0.1) is 0 Å². The molecule has 1 aliphatic rings. The molecule has 1 fully saturated rings. The van der Waals surface area contributed by atoms with Crippen molar-refractivity contribution in [2.24, 2.45) is 0 Å². The number of aromatic nitrogens is 4. The van der Waals surface area contributed by atoms with Crippen LogP contribution >= 0.6 is 0 Å². The summed E-state index contributed by atoms with van der Waals surface area (Å²) >= 11 is 0. The molecule has 0 bridgehead atoms. The third-order valence-electron chi connectivity index (χ3n) is 3.47. The van der Waals surface area contributed by atoms with E-state index in [4.69, 9.17) is 4.98 Å². The van der Waals surface area contributed by atoms with E-state index in [2.05, 4.69) is 33.7 Å². The van der Waals surface area contributed by atoms with Gasteiger partial charge in [0, 0.05) is 37.3 Å². The Hall–Kier alpha value is -1.91. The van der Waals surface area contributed by atoms with Crippen molar-refractivity contribution in [3.8, 4) is 5.82 Å². The summed E-state index contributed by atoms with van der Waals surface area (Å²) < 4.78 is 2.08. The molecule has 0 radical (unpaired) electrons. The molecule has 20 heavy (non-hydrogen) atoms. The van der Waals surface area contributed by atoms with E-state index in [-0.39, 0.29) is 0 Å². The van der Waals surface area contributed by atoms with Gasteiger partial charge in [0.1, 0.15) is 23.3 Å². The molecule has 0 aromatic carbocycles. The molecule has 0 spiro atoms. The Morgan fingerprint density at radius 1 is 1.30 bits per heavy atom. The number of nitrogens with zero attached hydrogens (tertiary/aromatic N) is 4. The van der Waals surface area contributed by atoms with Crippen LogP contribution in [0.2, 0.25) is 0 Å². The number of hydrogen-bond acceptors (Lipinski definition) is 4. The fraction of sp³-hybridized carbons (Fsp3) is 0.533. The summed E-state index contributed by atoms with van der Waals surface area (Å²) in [7, 11) is 0. The molecule has 1 aliphatic carbocycles. The molecular formula is C15H21N5. The van der Waals surface area contributed by atoms with Gasteiger partial charge in [-0.15, -0.1) is 0 Å². The van der Waals surface area contributed by atoms with Crippen molar-refractivity contribution in [1.82, 2.24) is 19.5 Å². The quantitative estimate of drug-likeness (QED) is 0.877. The summed E-state index contributed by atoms with van der Waals surface area (Å²) in [6.07, 6.45) is 8.29. The Morgan fingerprint density at radius 2 is 2.15 bits per heavy atom. The Morgan fingerprint density at radius 3 is 2.85 bits per heavy atom. The average molecular weight is 271 g/mol. The van der Waals surface area contributed by atoms with E-state index in [1.54, 1.807) is 0 Å². The van der Waals surface area contributed by atoms with Crippen molar-refractivity contribution >= 4 is 5.82 Å². The first-order chi connectivity index (χ1) is 9.81. The van der Waals surface area contributed by atoms with Crippen LogP contribution in [0.15, 0.2) is 18.5 Å². The zero-order valence-corrected chi connectivity index (χ0v) is 12.1. The second-order valence-electron chi connectivity index (χ2n) is 5.24. The number of anilines is 1. The zero-order valence-electron chi connectivity index (χ0n) is 12.1. The van der Waals surface area contributed by atoms with Gasteiger partial charge in [-0.25, -0.2) is 15.0 Å². The first kappa shape index (κ1) is 13.1. The summed E-state index contributed by atoms with van der Waals surface area (Å²) in [5.74, 6) is 4.42. The smallest absolute Gasteiger partial charge is 0.143 e. The molecule has 2 heterocycles. The summed E-state index contributed by atoms with van der Waals surface area (Å²) in [6, 6.07) is 2.01. The fourth-order valence-corrected chi connectivity index (χ4v) is 2.32. The molecule has 106 valence electrons. The van der Waals surface area contributed by atoms with Crippen LogP contribution in [0.5, 0.6) is 0 Å². The van der Waals surface area contributed by atoms with Crippen LogP contribution in [0.4, 0.5) is 5.82 Å². The SMILES string of the molecule is CCCc1nccn1-c1cc(NCC)nc(C2CC2)n1. The fourth-order valence-electron chi connectivity index (χ4n) is 2.32. The van der Waals surface area contributed by atoms with Gasteiger partial charge in [0.05, 0.1) is 0 Å². The topological polar surface area (TPSA) is 55.6 Å². The van der Waals surface area contributed by atoms with E-state index >= 15 is 0 Å². The average Bonchev–Trinajstić information content (AvgIpc) is 3.20. The summed E-state index contributed by atoms with van der Waals surface area (Å²) in [5, 5.41) is 3.30. The van der Waals surface area contributed by atoms with Crippen LogP contribution in [0.1, 0.15) is 50.7 Å². The predicted octanol–water partition coefficient (Wildman–Crippen LogP) is 2.92. The first-order valence-corrected chi connectivity index (χ1v) is 7.47. The predicted molar refractivity (Wildman–Crippen MR) is 79.3 cm³/mol. The minimum Gasteiger partial charge on any atom is -0.370 e. The highest BCUT2D eigenvalue weighted by molar-refractivity contribution is 5.43. The highest BCUT2D eigenvalue weighted by atomic mass is 15.2. The van der Waals surface area contributed by atoms with Crippen molar-refractivity contribution < 1.29 is 0 Å². The number of nitrogens with one attached hydrogen (secondary N) is 1. The highest BCUT2D eigenvalue weighted by Gasteiger charge is 2.27. The lowest BCUT2D eigenvalue weighted by Crippen LogP contribution is -2.09. The first-order valence-electron chi connectivity index (χ1n) is 7.47. The molecule has 2 aromatic heterocycles. The van der Waals surface area contributed by atoms with E-state index < -0.39 is 0 Å². The van der Waals surface area contributed by atoms with Crippen LogP contribution in [0.25, 0.3) is 5.82 Å². The molecule has 0 atom stereocenters. The molecule has 2 aromatic rings.